The van der Waals surface area contributed by atoms with Gasteiger partial charge in [0.15, 0.2) is 0 Å². The molecule has 1 aliphatic heterocycles. The highest BCUT2D eigenvalue weighted by atomic mass is 32.1. The molecule has 4 heteroatoms. The molecule has 0 spiro atoms. The van der Waals surface area contributed by atoms with Gasteiger partial charge in [0.05, 0.1) is 17.3 Å². The van der Waals surface area contributed by atoms with Crippen molar-refractivity contribution in [3.63, 3.8) is 0 Å². The lowest BCUT2D eigenvalue weighted by atomic mass is 9.83. The van der Waals surface area contributed by atoms with Crippen molar-refractivity contribution in [1.29, 1.82) is 0 Å². The van der Waals surface area contributed by atoms with E-state index in [0.717, 1.165) is 19.4 Å². The Bertz CT molecular complexity index is 481. The minimum atomic E-state index is 0.0478. The van der Waals surface area contributed by atoms with Gasteiger partial charge in [0.25, 0.3) is 0 Å². The highest BCUT2D eigenvalue weighted by Gasteiger charge is 2.44. The fraction of sp³-hybridized carbons (Fsp3) is 0.824. The predicted molar refractivity (Wildman–Crippen MR) is 87.9 cm³/mol. The summed E-state index contributed by atoms with van der Waals surface area (Å²) in [6.45, 7) is 9.82. The Morgan fingerprint density at radius 1 is 1.33 bits per heavy atom. The first-order valence-corrected chi connectivity index (χ1v) is 9.23. The van der Waals surface area contributed by atoms with E-state index >= 15 is 0 Å². The maximum absolute atomic E-state index is 6.01. The zero-order chi connectivity index (χ0) is 15.0. The molecular weight excluding hydrogens is 280 g/mol. The normalized spacial score (nSPS) is 30.3. The summed E-state index contributed by atoms with van der Waals surface area (Å²) < 4.78 is 6.01. The van der Waals surface area contributed by atoms with Crippen LogP contribution in [0.25, 0.3) is 0 Å². The van der Waals surface area contributed by atoms with Crippen molar-refractivity contribution in [2.45, 2.75) is 77.0 Å². The molecule has 0 aromatic carbocycles. The molecule has 3 rings (SSSR count). The number of hydrogen-bond donors (Lipinski definition) is 1. The molecule has 0 radical (unpaired) electrons. The summed E-state index contributed by atoms with van der Waals surface area (Å²) in [5.41, 5.74) is 1.28. The van der Waals surface area contributed by atoms with Crippen molar-refractivity contribution in [2.75, 3.05) is 6.61 Å². The van der Waals surface area contributed by atoms with Gasteiger partial charge in [-0.15, -0.1) is 11.3 Å². The lowest BCUT2D eigenvalue weighted by Crippen LogP contribution is -2.51. The summed E-state index contributed by atoms with van der Waals surface area (Å²) >= 11 is 1.84. The lowest BCUT2D eigenvalue weighted by Gasteiger charge is -2.42. The zero-order valence-electron chi connectivity index (χ0n) is 13.7. The average molecular weight is 308 g/mol. The summed E-state index contributed by atoms with van der Waals surface area (Å²) in [6.07, 6.45) is 5.09. The van der Waals surface area contributed by atoms with Crippen LogP contribution in [0.4, 0.5) is 0 Å². The Kier molecular flexibility index (Phi) is 4.40. The highest BCUT2D eigenvalue weighted by Crippen LogP contribution is 2.41. The molecule has 2 unspecified atom stereocenters. The summed E-state index contributed by atoms with van der Waals surface area (Å²) in [6, 6.07) is 0.697. The summed E-state index contributed by atoms with van der Waals surface area (Å²) in [7, 11) is 0. The molecule has 2 fully saturated rings. The average Bonchev–Trinajstić information content (AvgIpc) is 3.09. The highest BCUT2D eigenvalue weighted by molar-refractivity contribution is 7.09. The van der Waals surface area contributed by atoms with E-state index < -0.39 is 0 Å². The Morgan fingerprint density at radius 3 is 2.67 bits per heavy atom. The number of ether oxygens (including phenoxy) is 1. The second kappa shape index (κ2) is 5.98. The predicted octanol–water partition coefficient (Wildman–Crippen LogP) is 4.05. The number of rotatable bonds is 5. The lowest BCUT2D eigenvalue weighted by molar-refractivity contribution is -0.0540. The van der Waals surface area contributed by atoms with Gasteiger partial charge in [-0.25, -0.2) is 4.98 Å². The van der Waals surface area contributed by atoms with E-state index in [1.54, 1.807) is 0 Å². The fourth-order valence-corrected chi connectivity index (χ4v) is 4.28. The van der Waals surface area contributed by atoms with Gasteiger partial charge in [-0.1, -0.05) is 27.7 Å². The van der Waals surface area contributed by atoms with Gasteiger partial charge in [0, 0.05) is 18.0 Å². The van der Waals surface area contributed by atoms with Crippen LogP contribution in [0.2, 0.25) is 0 Å². The Morgan fingerprint density at radius 2 is 2.10 bits per heavy atom. The molecule has 1 aliphatic carbocycles. The van der Waals surface area contributed by atoms with Crippen LogP contribution < -0.4 is 5.32 Å². The standard InChI is InChI=1S/C17H28N2OS/c1-11(2)14-10-21-16(18-14)17(19-13-5-6-13)7-8-20-15(9-17)12(3)4/h10-13,15,19H,5-9H2,1-4H3. The minimum absolute atomic E-state index is 0.0478. The van der Waals surface area contributed by atoms with Gasteiger partial charge in [0.1, 0.15) is 5.01 Å². The molecule has 2 aliphatic rings. The van der Waals surface area contributed by atoms with Crippen molar-refractivity contribution < 1.29 is 4.74 Å². The Balaban J connectivity index is 1.87. The zero-order valence-corrected chi connectivity index (χ0v) is 14.5. The van der Waals surface area contributed by atoms with Crippen LogP contribution in [0.1, 0.15) is 70.0 Å². The third-order valence-electron chi connectivity index (χ3n) is 4.73. The molecule has 2 atom stereocenters. The second-order valence-corrected chi connectivity index (χ2v) is 8.20. The van der Waals surface area contributed by atoms with Crippen LogP contribution in [-0.4, -0.2) is 23.7 Å². The molecule has 1 aromatic heterocycles. The van der Waals surface area contributed by atoms with Crippen LogP contribution in [0.15, 0.2) is 5.38 Å². The number of aromatic nitrogens is 1. The van der Waals surface area contributed by atoms with Gasteiger partial charge in [-0.05, 0) is 37.5 Å². The Hall–Kier alpha value is -0.450. The van der Waals surface area contributed by atoms with E-state index in [4.69, 9.17) is 9.72 Å². The van der Waals surface area contributed by atoms with Crippen LogP contribution in [-0.2, 0) is 10.3 Å². The van der Waals surface area contributed by atoms with Crippen molar-refractivity contribution in [3.05, 3.63) is 16.1 Å². The number of nitrogens with zero attached hydrogens (tertiary/aromatic N) is 1. The largest absolute Gasteiger partial charge is 0.378 e. The van der Waals surface area contributed by atoms with Crippen molar-refractivity contribution in [2.24, 2.45) is 5.92 Å². The SMILES string of the molecule is CC(C)c1csc(C2(NC3CC3)CCOC(C(C)C)C2)n1. The van der Waals surface area contributed by atoms with Gasteiger partial charge in [0.2, 0.25) is 0 Å². The molecule has 21 heavy (non-hydrogen) atoms. The third kappa shape index (κ3) is 3.33. The molecular formula is C17H28N2OS. The molecule has 3 nitrogen and oxygen atoms in total. The van der Waals surface area contributed by atoms with Crippen molar-refractivity contribution in [3.8, 4) is 0 Å². The molecule has 1 saturated heterocycles. The summed E-state index contributed by atoms with van der Waals surface area (Å²) in [5.74, 6) is 1.07. The molecule has 118 valence electrons. The van der Waals surface area contributed by atoms with Crippen molar-refractivity contribution in [1.82, 2.24) is 10.3 Å². The van der Waals surface area contributed by atoms with Gasteiger partial charge >= 0.3 is 0 Å². The van der Waals surface area contributed by atoms with E-state index in [1.165, 1.54) is 23.5 Å². The van der Waals surface area contributed by atoms with Gasteiger partial charge < -0.3 is 10.1 Å². The number of nitrogens with one attached hydrogen (secondary N) is 1. The molecule has 0 bridgehead atoms. The first-order valence-electron chi connectivity index (χ1n) is 8.35. The monoisotopic (exact) mass is 308 g/mol. The van der Waals surface area contributed by atoms with E-state index in [2.05, 4.69) is 38.4 Å². The minimum Gasteiger partial charge on any atom is -0.378 e. The van der Waals surface area contributed by atoms with Crippen LogP contribution in [0.3, 0.4) is 0 Å². The maximum Gasteiger partial charge on any atom is 0.113 e. The van der Waals surface area contributed by atoms with Gasteiger partial charge in [-0.2, -0.15) is 0 Å². The molecule has 1 N–H and O–H groups in total. The quantitative estimate of drug-likeness (QED) is 0.891. The van der Waals surface area contributed by atoms with E-state index in [0.29, 0.717) is 24.0 Å². The Labute approximate surface area is 132 Å². The fourth-order valence-electron chi connectivity index (χ4n) is 3.09. The number of hydrogen-bond acceptors (Lipinski definition) is 4. The summed E-state index contributed by atoms with van der Waals surface area (Å²) in [4.78, 5) is 4.98. The third-order valence-corrected chi connectivity index (χ3v) is 5.80. The topological polar surface area (TPSA) is 34.1 Å². The molecule has 2 heterocycles. The van der Waals surface area contributed by atoms with Crippen LogP contribution >= 0.6 is 11.3 Å². The number of thiazole rings is 1. The maximum atomic E-state index is 6.01. The van der Waals surface area contributed by atoms with Crippen molar-refractivity contribution >= 4 is 11.3 Å². The van der Waals surface area contributed by atoms with Crippen LogP contribution in [0.5, 0.6) is 0 Å². The molecule has 1 saturated carbocycles. The van der Waals surface area contributed by atoms with E-state index in [-0.39, 0.29) is 5.54 Å². The van der Waals surface area contributed by atoms with E-state index in [1.807, 2.05) is 11.3 Å². The molecule has 0 amide bonds. The van der Waals surface area contributed by atoms with E-state index in [9.17, 15) is 0 Å². The first-order chi connectivity index (χ1) is 10.00. The smallest absolute Gasteiger partial charge is 0.113 e. The van der Waals surface area contributed by atoms with Crippen LogP contribution in [0, 0.1) is 5.92 Å². The second-order valence-electron chi connectivity index (χ2n) is 7.34. The van der Waals surface area contributed by atoms with Gasteiger partial charge in [-0.3, -0.25) is 0 Å². The molecule has 1 aromatic rings. The first kappa shape index (κ1) is 15.4. The summed E-state index contributed by atoms with van der Waals surface area (Å²) in [5, 5.41) is 7.46.